The quantitative estimate of drug-likeness (QED) is 0.329. The van der Waals surface area contributed by atoms with Crippen LogP contribution in [-0.4, -0.2) is 64.3 Å². The van der Waals surface area contributed by atoms with Crippen molar-refractivity contribution in [3.63, 3.8) is 0 Å². The van der Waals surface area contributed by atoms with Gasteiger partial charge in [0.25, 0.3) is 11.6 Å². The van der Waals surface area contributed by atoms with Crippen LogP contribution < -0.4 is 0 Å². The molecule has 26 heavy (non-hydrogen) atoms. The average Bonchev–Trinajstić information content (AvgIpc) is 2.89. The molecule has 138 valence electrons. The van der Waals surface area contributed by atoms with E-state index in [1.807, 2.05) is 0 Å². The van der Waals surface area contributed by atoms with Crippen molar-refractivity contribution in [1.82, 2.24) is 9.80 Å². The number of nitro benzene ring substituents is 1. The van der Waals surface area contributed by atoms with Gasteiger partial charge < -0.3 is 4.74 Å². The Morgan fingerprint density at radius 3 is 2.77 bits per heavy atom. The number of carbonyl (C=O) groups excluding carboxylic acids is 1. The molecule has 1 aromatic carbocycles. The molecule has 0 unspecified atom stereocenters. The van der Waals surface area contributed by atoms with Crippen molar-refractivity contribution in [3.8, 4) is 0 Å². The van der Waals surface area contributed by atoms with Crippen LogP contribution in [0, 0.1) is 17.0 Å². The number of aryl methyl sites for hydroxylation is 1. The minimum atomic E-state index is -0.416. The molecule has 2 saturated heterocycles. The third-order valence-corrected chi connectivity index (χ3v) is 5.72. The largest absolute Gasteiger partial charge is 0.379 e. The van der Waals surface area contributed by atoms with Gasteiger partial charge in [0, 0.05) is 37.8 Å². The Hall–Kier alpha value is -1.81. The maximum Gasteiger partial charge on any atom is 0.272 e. The molecule has 3 rings (SSSR count). The van der Waals surface area contributed by atoms with Crippen molar-refractivity contribution >= 4 is 46.0 Å². The zero-order chi connectivity index (χ0) is 18.7. The van der Waals surface area contributed by atoms with Crippen molar-refractivity contribution in [2.24, 2.45) is 0 Å². The van der Waals surface area contributed by atoms with Crippen molar-refractivity contribution in [2.75, 3.05) is 39.4 Å². The molecule has 2 fully saturated rings. The van der Waals surface area contributed by atoms with Crippen LogP contribution in [0.1, 0.15) is 11.1 Å². The molecule has 0 atom stereocenters. The van der Waals surface area contributed by atoms with Crippen LogP contribution in [0.5, 0.6) is 0 Å². The number of hydrogen-bond acceptors (Lipinski definition) is 7. The molecule has 1 amide bonds. The minimum Gasteiger partial charge on any atom is -0.379 e. The number of nitro groups is 1. The molecule has 0 spiro atoms. The minimum absolute atomic E-state index is 0.0431. The molecule has 7 nitrogen and oxygen atoms in total. The number of thioether (sulfide) groups is 1. The van der Waals surface area contributed by atoms with Crippen LogP contribution in [0.25, 0.3) is 6.08 Å². The number of thiocarbonyl (C=S) groups is 1. The molecule has 2 aliphatic rings. The number of morpholine rings is 1. The van der Waals surface area contributed by atoms with E-state index < -0.39 is 4.92 Å². The highest BCUT2D eigenvalue weighted by atomic mass is 32.2. The Kier molecular flexibility index (Phi) is 6.02. The predicted molar refractivity (Wildman–Crippen MR) is 105 cm³/mol. The van der Waals surface area contributed by atoms with Crippen LogP contribution >= 0.6 is 24.0 Å². The maximum atomic E-state index is 12.7. The third-order valence-electron chi connectivity index (χ3n) is 4.34. The Labute approximate surface area is 161 Å². The van der Waals surface area contributed by atoms with E-state index in [9.17, 15) is 14.9 Å². The summed E-state index contributed by atoms with van der Waals surface area (Å²) in [6.45, 7) is 6.12. The topological polar surface area (TPSA) is 75.9 Å². The lowest BCUT2D eigenvalue weighted by molar-refractivity contribution is -0.385. The fourth-order valence-corrected chi connectivity index (χ4v) is 4.13. The number of hydrogen-bond donors (Lipinski definition) is 0. The molecule has 0 bridgehead atoms. The molecule has 9 heteroatoms. The second kappa shape index (κ2) is 8.26. The first kappa shape index (κ1) is 19.0. The van der Waals surface area contributed by atoms with Crippen LogP contribution in [0.15, 0.2) is 23.1 Å². The van der Waals surface area contributed by atoms with E-state index in [1.54, 1.807) is 30.0 Å². The Bertz CT molecular complexity index is 775. The monoisotopic (exact) mass is 393 g/mol. The highest BCUT2D eigenvalue weighted by Crippen LogP contribution is 2.33. The average molecular weight is 393 g/mol. The molecule has 2 heterocycles. The zero-order valence-electron chi connectivity index (χ0n) is 14.3. The zero-order valence-corrected chi connectivity index (χ0v) is 16.0. The SMILES string of the molecule is Cc1ccc(C=C2SC(=S)N(CCN3CCOCC3)C2=O)cc1[N+](=O)[O-]. The Balaban J connectivity index is 1.70. The maximum absolute atomic E-state index is 12.7. The first-order valence-corrected chi connectivity index (χ1v) is 9.48. The van der Waals surface area contributed by atoms with E-state index in [0.29, 0.717) is 40.1 Å². The van der Waals surface area contributed by atoms with Gasteiger partial charge in [0.1, 0.15) is 4.32 Å². The lowest BCUT2D eigenvalue weighted by Crippen LogP contribution is -2.42. The highest BCUT2D eigenvalue weighted by molar-refractivity contribution is 8.26. The first-order valence-electron chi connectivity index (χ1n) is 8.26. The fraction of sp³-hybridized carbons (Fsp3) is 0.412. The van der Waals surface area contributed by atoms with E-state index in [0.717, 1.165) is 19.6 Å². The van der Waals surface area contributed by atoms with Crippen molar-refractivity contribution < 1.29 is 14.5 Å². The molecule has 0 radical (unpaired) electrons. The smallest absolute Gasteiger partial charge is 0.272 e. The van der Waals surface area contributed by atoms with Crippen LogP contribution in [0.4, 0.5) is 5.69 Å². The molecule has 0 aromatic heterocycles. The van der Waals surface area contributed by atoms with Gasteiger partial charge >= 0.3 is 0 Å². The number of ether oxygens (including phenoxy) is 1. The summed E-state index contributed by atoms with van der Waals surface area (Å²) in [4.78, 5) is 27.7. The summed E-state index contributed by atoms with van der Waals surface area (Å²) in [7, 11) is 0. The molecular formula is C17H19N3O4S2. The third kappa shape index (κ3) is 4.29. The number of nitrogens with zero attached hydrogens (tertiary/aromatic N) is 3. The van der Waals surface area contributed by atoms with Crippen molar-refractivity contribution in [3.05, 3.63) is 44.3 Å². The van der Waals surface area contributed by atoms with Gasteiger partial charge in [0.15, 0.2) is 0 Å². The summed E-state index contributed by atoms with van der Waals surface area (Å²) in [5, 5.41) is 11.1. The fourth-order valence-electron chi connectivity index (χ4n) is 2.82. The summed E-state index contributed by atoms with van der Waals surface area (Å²) >= 11 is 6.58. The number of amides is 1. The van der Waals surface area contributed by atoms with Crippen LogP contribution in [0.3, 0.4) is 0 Å². The molecular weight excluding hydrogens is 374 g/mol. The van der Waals surface area contributed by atoms with Crippen LogP contribution in [-0.2, 0) is 9.53 Å². The second-order valence-electron chi connectivity index (χ2n) is 6.09. The Morgan fingerprint density at radius 1 is 1.35 bits per heavy atom. The van der Waals surface area contributed by atoms with Gasteiger partial charge in [-0.1, -0.05) is 36.1 Å². The summed E-state index contributed by atoms with van der Waals surface area (Å²) < 4.78 is 5.85. The molecule has 0 N–H and O–H groups in total. The van der Waals surface area contributed by atoms with Gasteiger partial charge in [-0.15, -0.1) is 0 Å². The summed E-state index contributed by atoms with van der Waals surface area (Å²) in [6.07, 6.45) is 1.67. The van der Waals surface area contributed by atoms with Crippen LogP contribution in [0.2, 0.25) is 0 Å². The first-order chi connectivity index (χ1) is 12.5. The molecule has 2 aliphatic heterocycles. The lowest BCUT2D eigenvalue weighted by atomic mass is 10.1. The Morgan fingerprint density at radius 2 is 2.08 bits per heavy atom. The van der Waals surface area contributed by atoms with Gasteiger partial charge in [-0.05, 0) is 18.6 Å². The van der Waals surface area contributed by atoms with E-state index in [-0.39, 0.29) is 11.6 Å². The molecule has 0 aliphatic carbocycles. The predicted octanol–water partition coefficient (Wildman–Crippen LogP) is 2.44. The summed E-state index contributed by atoms with van der Waals surface area (Å²) in [5.41, 5.74) is 1.25. The van der Waals surface area contributed by atoms with Gasteiger partial charge in [-0.2, -0.15) is 0 Å². The van der Waals surface area contributed by atoms with E-state index in [1.165, 1.54) is 17.8 Å². The van der Waals surface area contributed by atoms with Crippen molar-refractivity contribution in [2.45, 2.75) is 6.92 Å². The van der Waals surface area contributed by atoms with Gasteiger partial charge in [0.2, 0.25) is 0 Å². The van der Waals surface area contributed by atoms with Gasteiger partial charge in [0.05, 0.1) is 23.0 Å². The second-order valence-corrected chi connectivity index (χ2v) is 7.77. The standard InChI is InChI=1S/C17H19N3O4S2/c1-12-2-3-13(10-14(12)20(22)23)11-15-16(21)19(17(25)26-15)5-4-18-6-8-24-9-7-18/h2-3,10-11H,4-9H2,1H3. The summed E-state index contributed by atoms with van der Waals surface area (Å²) in [5.74, 6) is -0.142. The van der Waals surface area contributed by atoms with Crippen molar-refractivity contribution in [1.29, 1.82) is 0 Å². The van der Waals surface area contributed by atoms with Gasteiger partial charge in [-0.25, -0.2) is 0 Å². The summed E-state index contributed by atoms with van der Waals surface area (Å²) in [6, 6.07) is 4.93. The van der Waals surface area contributed by atoms with E-state index in [4.69, 9.17) is 17.0 Å². The lowest BCUT2D eigenvalue weighted by Gasteiger charge is -2.28. The van der Waals surface area contributed by atoms with E-state index >= 15 is 0 Å². The normalized spacial score (nSPS) is 20.2. The molecule has 1 aromatic rings. The molecule has 0 saturated carbocycles. The number of carbonyl (C=O) groups is 1. The van der Waals surface area contributed by atoms with Gasteiger partial charge in [-0.3, -0.25) is 24.7 Å². The number of benzene rings is 1. The highest BCUT2D eigenvalue weighted by Gasteiger charge is 2.32. The number of rotatable bonds is 5. The van der Waals surface area contributed by atoms with E-state index in [2.05, 4.69) is 4.90 Å².